The van der Waals surface area contributed by atoms with Crippen LogP contribution in [-0.4, -0.2) is 45.5 Å². The smallest absolute Gasteiger partial charge is 0.123 e. The molecule has 0 bridgehead atoms. The van der Waals surface area contributed by atoms with Crippen molar-refractivity contribution in [2.45, 2.75) is 24.1 Å². The number of hydrogen-bond donors (Lipinski definition) is 1. The van der Waals surface area contributed by atoms with Crippen LogP contribution in [0.4, 0.5) is 4.39 Å². The Balaban J connectivity index is 1.60. The molecule has 2 unspecified atom stereocenters. The summed E-state index contributed by atoms with van der Waals surface area (Å²) in [5, 5.41) is 0.733. The Morgan fingerprint density at radius 2 is 1.90 bits per heavy atom. The standard InChI is InChI=1S/C24H24FN3S/c1-29-21-13-20-12-18(8-11-28(20)15-21)22-14-27-24(17-2-4-19(25)5-3-17)23(22)16-6-9-26-10-7-16/h2-7,9-10,12,14,20-21,27H,8,11,13,15H2,1H3. The van der Waals surface area contributed by atoms with Gasteiger partial charge in [0, 0.05) is 54.1 Å². The van der Waals surface area contributed by atoms with Crippen molar-refractivity contribution < 1.29 is 4.39 Å². The van der Waals surface area contributed by atoms with E-state index in [1.54, 1.807) is 0 Å². The first kappa shape index (κ1) is 18.6. The highest BCUT2D eigenvalue weighted by molar-refractivity contribution is 7.99. The van der Waals surface area contributed by atoms with Gasteiger partial charge in [0.05, 0.1) is 5.69 Å². The molecule has 1 aromatic carbocycles. The minimum absolute atomic E-state index is 0.217. The number of nitrogens with zero attached hydrogens (tertiary/aromatic N) is 2. The molecular weight excluding hydrogens is 381 g/mol. The van der Waals surface area contributed by atoms with Gasteiger partial charge in [-0.15, -0.1) is 0 Å². The third kappa shape index (κ3) is 3.53. The fraction of sp³-hybridized carbons (Fsp3) is 0.292. The molecule has 0 radical (unpaired) electrons. The lowest BCUT2D eigenvalue weighted by atomic mass is 9.90. The quantitative estimate of drug-likeness (QED) is 0.624. The third-order valence-electron chi connectivity index (χ3n) is 6.13. The average Bonchev–Trinajstić information content (AvgIpc) is 3.38. The van der Waals surface area contributed by atoms with E-state index in [1.807, 2.05) is 36.3 Å². The number of hydrogen-bond acceptors (Lipinski definition) is 3. The van der Waals surface area contributed by atoms with Gasteiger partial charge < -0.3 is 4.98 Å². The van der Waals surface area contributed by atoms with Gasteiger partial charge in [-0.25, -0.2) is 4.39 Å². The van der Waals surface area contributed by atoms with E-state index in [-0.39, 0.29) is 5.82 Å². The predicted octanol–water partition coefficient (Wildman–Crippen LogP) is 5.48. The number of aromatic nitrogens is 2. The van der Waals surface area contributed by atoms with E-state index in [4.69, 9.17) is 0 Å². The number of pyridine rings is 1. The van der Waals surface area contributed by atoms with E-state index in [0.717, 1.165) is 35.0 Å². The van der Waals surface area contributed by atoms with Gasteiger partial charge in [0.1, 0.15) is 5.82 Å². The lowest BCUT2D eigenvalue weighted by Gasteiger charge is -2.28. The zero-order chi connectivity index (χ0) is 19.8. The number of benzene rings is 1. The Hall–Kier alpha value is -2.37. The van der Waals surface area contributed by atoms with Gasteiger partial charge in [-0.05, 0) is 72.2 Å². The predicted molar refractivity (Wildman–Crippen MR) is 119 cm³/mol. The molecule has 2 atom stereocenters. The van der Waals surface area contributed by atoms with Gasteiger partial charge in [-0.1, -0.05) is 6.08 Å². The highest BCUT2D eigenvalue weighted by atomic mass is 32.2. The minimum atomic E-state index is -0.217. The summed E-state index contributed by atoms with van der Waals surface area (Å²) in [6.45, 7) is 2.31. The van der Waals surface area contributed by atoms with Crippen LogP contribution in [0.5, 0.6) is 0 Å². The Labute approximate surface area is 175 Å². The molecule has 0 saturated carbocycles. The van der Waals surface area contributed by atoms with Crippen LogP contribution in [0.25, 0.3) is 28.0 Å². The summed E-state index contributed by atoms with van der Waals surface area (Å²) in [7, 11) is 0. The second-order valence-electron chi connectivity index (χ2n) is 7.79. The van der Waals surface area contributed by atoms with Gasteiger partial charge in [-0.2, -0.15) is 11.8 Å². The van der Waals surface area contributed by atoms with Crippen LogP contribution in [0.1, 0.15) is 18.4 Å². The van der Waals surface area contributed by atoms with Gasteiger partial charge in [-0.3, -0.25) is 9.88 Å². The van der Waals surface area contributed by atoms with Crippen LogP contribution in [0.2, 0.25) is 0 Å². The lowest BCUT2D eigenvalue weighted by Crippen LogP contribution is -2.32. The zero-order valence-corrected chi connectivity index (χ0v) is 17.3. The van der Waals surface area contributed by atoms with Gasteiger partial charge in [0.2, 0.25) is 0 Å². The van der Waals surface area contributed by atoms with E-state index >= 15 is 0 Å². The topological polar surface area (TPSA) is 31.9 Å². The molecule has 2 aromatic heterocycles. The lowest BCUT2D eigenvalue weighted by molar-refractivity contribution is 0.288. The molecule has 0 spiro atoms. The first-order valence-corrected chi connectivity index (χ1v) is 11.4. The maximum absolute atomic E-state index is 13.5. The third-order valence-corrected chi connectivity index (χ3v) is 7.14. The summed E-state index contributed by atoms with van der Waals surface area (Å²) in [5.41, 5.74) is 6.99. The second-order valence-corrected chi connectivity index (χ2v) is 8.93. The first-order valence-electron chi connectivity index (χ1n) is 10.1. The number of thioether (sulfide) groups is 1. The summed E-state index contributed by atoms with van der Waals surface area (Å²) >= 11 is 1.98. The number of halogens is 1. The van der Waals surface area contributed by atoms with E-state index in [1.165, 1.54) is 41.8 Å². The monoisotopic (exact) mass is 405 g/mol. The summed E-state index contributed by atoms with van der Waals surface area (Å²) in [5.74, 6) is -0.217. The Morgan fingerprint density at radius 1 is 1.10 bits per heavy atom. The largest absolute Gasteiger partial charge is 0.360 e. The maximum atomic E-state index is 13.5. The number of H-pyrrole nitrogens is 1. The number of fused-ring (bicyclic) bond motifs is 1. The van der Waals surface area contributed by atoms with Gasteiger partial charge >= 0.3 is 0 Å². The fourth-order valence-corrected chi connectivity index (χ4v) is 5.36. The van der Waals surface area contributed by atoms with E-state index in [9.17, 15) is 4.39 Å². The van der Waals surface area contributed by atoms with Crippen LogP contribution in [0.3, 0.4) is 0 Å². The van der Waals surface area contributed by atoms with Crippen LogP contribution < -0.4 is 0 Å². The molecule has 3 nitrogen and oxygen atoms in total. The molecule has 0 amide bonds. The zero-order valence-electron chi connectivity index (χ0n) is 16.4. The van der Waals surface area contributed by atoms with Crippen molar-refractivity contribution in [3.63, 3.8) is 0 Å². The molecule has 4 heterocycles. The molecule has 5 heteroatoms. The first-order chi connectivity index (χ1) is 14.2. The SMILES string of the molecule is CSC1CC2C=C(c3c[nH]c(-c4ccc(F)cc4)c3-c3ccncc3)CCN2C1. The number of nitrogens with one attached hydrogen (secondary N) is 1. The molecule has 3 aromatic rings. The molecule has 29 heavy (non-hydrogen) atoms. The molecule has 2 aliphatic heterocycles. The molecule has 1 N–H and O–H groups in total. The highest BCUT2D eigenvalue weighted by Crippen LogP contribution is 2.41. The van der Waals surface area contributed by atoms with Crippen molar-refractivity contribution in [3.05, 3.63) is 72.4 Å². The summed E-state index contributed by atoms with van der Waals surface area (Å²) in [6.07, 6.45) is 12.8. The van der Waals surface area contributed by atoms with E-state index < -0.39 is 0 Å². The van der Waals surface area contributed by atoms with Crippen LogP contribution >= 0.6 is 11.8 Å². The molecule has 5 rings (SSSR count). The van der Waals surface area contributed by atoms with Crippen molar-refractivity contribution in [2.75, 3.05) is 19.3 Å². The average molecular weight is 406 g/mol. The van der Waals surface area contributed by atoms with Crippen molar-refractivity contribution in [3.8, 4) is 22.4 Å². The number of aromatic amines is 1. The Kier molecular flexibility index (Phi) is 5.02. The van der Waals surface area contributed by atoms with Crippen molar-refractivity contribution in [1.82, 2.24) is 14.9 Å². The normalized spacial score (nSPS) is 21.8. The molecule has 148 valence electrons. The van der Waals surface area contributed by atoms with E-state index in [0.29, 0.717) is 6.04 Å². The molecule has 1 saturated heterocycles. The highest BCUT2D eigenvalue weighted by Gasteiger charge is 2.33. The van der Waals surface area contributed by atoms with Gasteiger partial charge in [0.15, 0.2) is 0 Å². The Morgan fingerprint density at radius 3 is 2.66 bits per heavy atom. The summed E-state index contributed by atoms with van der Waals surface area (Å²) < 4.78 is 13.5. The maximum Gasteiger partial charge on any atom is 0.123 e. The van der Waals surface area contributed by atoms with Crippen LogP contribution in [0, 0.1) is 5.82 Å². The van der Waals surface area contributed by atoms with Crippen LogP contribution in [-0.2, 0) is 0 Å². The molecule has 0 aliphatic carbocycles. The molecule has 1 fully saturated rings. The summed E-state index contributed by atoms with van der Waals surface area (Å²) in [4.78, 5) is 10.3. The Bertz CT molecular complexity index is 1030. The van der Waals surface area contributed by atoms with E-state index in [2.05, 4.69) is 45.5 Å². The van der Waals surface area contributed by atoms with Crippen LogP contribution in [0.15, 0.2) is 61.1 Å². The summed E-state index contributed by atoms with van der Waals surface area (Å²) in [6, 6.07) is 11.4. The minimum Gasteiger partial charge on any atom is -0.360 e. The van der Waals surface area contributed by atoms with Gasteiger partial charge in [0.25, 0.3) is 0 Å². The van der Waals surface area contributed by atoms with Crippen molar-refractivity contribution in [1.29, 1.82) is 0 Å². The van der Waals surface area contributed by atoms with Crippen molar-refractivity contribution >= 4 is 17.3 Å². The second kappa shape index (κ2) is 7.81. The fourth-order valence-electron chi connectivity index (χ4n) is 4.63. The number of rotatable bonds is 4. The molecule has 2 aliphatic rings. The molecular formula is C24H24FN3S. The van der Waals surface area contributed by atoms with Crippen molar-refractivity contribution in [2.24, 2.45) is 0 Å².